The minimum atomic E-state index is -0.367. The maximum absolute atomic E-state index is 12.2. The number of hydrogen-bond acceptors (Lipinski definition) is 3. The molecule has 0 aliphatic carbocycles. The minimum absolute atomic E-state index is 0.119. The number of carbonyl (C=O) groups is 1. The summed E-state index contributed by atoms with van der Waals surface area (Å²) in [5.74, 6) is -0.604. The molecule has 0 radical (unpaired) electrons. The van der Waals surface area contributed by atoms with Crippen molar-refractivity contribution in [1.82, 2.24) is 5.32 Å². The fourth-order valence-corrected chi connectivity index (χ4v) is 2.44. The van der Waals surface area contributed by atoms with E-state index in [2.05, 4.69) is 5.32 Å². The molecule has 0 aromatic heterocycles. The predicted octanol–water partition coefficient (Wildman–Crippen LogP) is 2.90. The van der Waals surface area contributed by atoms with E-state index in [4.69, 9.17) is 4.74 Å². The molecule has 0 bridgehead atoms. The van der Waals surface area contributed by atoms with Crippen LogP contribution in [0.2, 0.25) is 0 Å². The maximum atomic E-state index is 12.2. The second-order valence-corrected chi connectivity index (χ2v) is 4.59. The van der Waals surface area contributed by atoms with E-state index in [0.29, 0.717) is 0 Å². The highest BCUT2D eigenvalue weighted by Gasteiger charge is 2.30. The lowest BCUT2D eigenvalue weighted by atomic mass is 9.87. The van der Waals surface area contributed by atoms with Crippen LogP contribution in [0.3, 0.4) is 0 Å². The van der Waals surface area contributed by atoms with E-state index >= 15 is 0 Å². The molecule has 104 valence electrons. The second-order valence-electron chi connectivity index (χ2n) is 4.59. The van der Waals surface area contributed by atoms with Crippen LogP contribution >= 0.6 is 0 Å². The Morgan fingerprint density at radius 1 is 0.950 bits per heavy atom. The van der Waals surface area contributed by atoms with Gasteiger partial charge in [0.05, 0.1) is 7.11 Å². The van der Waals surface area contributed by atoms with Crippen LogP contribution in [0, 0.1) is 0 Å². The third kappa shape index (κ3) is 3.06. The molecular weight excluding hydrogens is 250 g/mol. The van der Waals surface area contributed by atoms with Gasteiger partial charge in [0, 0.05) is 6.04 Å². The van der Waals surface area contributed by atoms with Gasteiger partial charge in [-0.1, -0.05) is 60.7 Å². The van der Waals surface area contributed by atoms with Crippen LogP contribution in [-0.2, 0) is 9.53 Å². The summed E-state index contributed by atoms with van der Waals surface area (Å²) in [6.45, 7) is 0. The van der Waals surface area contributed by atoms with Crippen LogP contribution in [0.25, 0.3) is 0 Å². The van der Waals surface area contributed by atoms with Crippen LogP contribution in [0.1, 0.15) is 23.1 Å². The number of ether oxygens (including phenoxy) is 1. The molecular formula is C17H19NO2. The first-order chi connectivity index (χ1) is 9.77. The summed E-state index contributed by atoms with van der Waals surface area (Å²) in [5.41, 5.74) is 2.01. The number of nitrogens with one attached hydrogen (secondary N) is 1. The quantitative estimate of drug-likeness (QED) is 0.848. The van der Waals surface area contributed by atoms with Gasteiger partial charge < -0.3 is 10.1 Å². The Kier molecular flexibility index (Phi) is 4.91. The largest absolute Gasteiger partial charge is 0.468 e. The molecule has 2 rings (SSSR count). The third-order valence-electron chi connectivity index (χ3n) is 3.42. The first-order valence-corrected chi connectivity index (χ1v) is 6.63. The summed E-state index contributed by atoms with van der Waals surface area (Å²) < 4.78 is 4.99. The van der Waals surface area contributed by atoms with E-state index < -0.39 is 0 Å². The van der Waals surface area contributed by atoms with Gasteiger partial charge in [0.2, 0.25) is 0 Å². The van der Waals surface area contributed by atoms with Crippen LogP contribution in [-0.4, -0.2) is 20.1 Å². The molecule has 0 heterocycles. The minimum Gasteiger partial charge on any atom is -0.468 e. The van der Waals surface area contributed by atoms with Gasteiger partial charge in [0.25, 0.3) is 0 Å². The van der Waals surface area contributed by atoms with Crippen molar-refractivity contribution >= 4 is 5.97 Å². The summed E-state index contributed by atoms with van der Waals surface area (Å²) in [6.07, 6.45) is 0. The molecule has 3 nitrogen and oxygen atoms in total. The van der Waals surface area contributed by atoms with Crippen molar-refractivity contribution < 1.29 is 9.53 Å². The van der Waals surface area contributed by atoms with Crippen molar-refractivity contribution in [2.24, 2.45) is 0 Å². The van der Waals surface area contributed by atoms with E-state index in [1.54, 1.807) is 0 Å². The van der Waals surface area contributed by atoms with E-state index in [-0.39, 0.29) is 17.9 Å². The Bertz CT molecular complexity index is 539. The monoisotopic (exact) mass is 269 g/mol. The lowest BCUT2D eigenvalue weighted by Crippen LogP contribution is -2.30. The van der Waals surface area contributed by atoms with E-state index in [1.807, 2.05) is 67.7 Å². The van der Waals surface area contributed by atoms with Gasteiger partial charge in [-0.3, -0.25) is 4.79 Å². The number of likely N-dealkylation sites (N-methyl/N-ethyl adjacent to an activating group) is 1. The Hall–Kier alpha value is -2.13. The molecule has 3 heteroatoms. The highest BCUT2D eigenvalue weighted by molar-refractivity contribution is 5.79. The Labute approximate surface area is 119 Å². The summed E-state index contributed by atoms with van der Waals surface area (Å²) >= 11 is 0. The number of esters is 1. The van der Waals surface area contributed by atoms with Crippen LogP contribution < -0.4 is 5.32 Å². The average Bonchev–Trinajstić information content (AvgIpc) is 2.53. The average molecular weight is 269 g/mol. The standard InChI is InChI=1S/C17H19NO2/c1-18-16(14-11-7-4-8-12-14)15(17(19)20-2)13-9-5-3-6-10-13/h3-12,15-16,18H,1-2H3. The van der Waals surface area contributed by atoms with Crippen molar-refractivity contribution in [3.63, 3.8) is 0 Å². The second kappa shape index (κ2) is 6.87. The van der Waals surface area contributed by atoms with Crippen LogP contribution in [0.15, 0.2) is 60.7 Å². The Balaban J connectivity index is 2.42. The number of hydrogen-bond donors (Lipinski definition) is 1. The zero-order chi connectivity index (χ0) is 14.4. The third-order valence-corrected chi connectivity index (χ3v) is 3.42. The molecule has 2 unspecified atom stereocenters. The normalized spacial score (nSPS) is 13.5. The van der Waals surface area contributed by atoms with E-state index in [9.17, 15) is 4.79 Å². The van der Waals surface area contributed by atoms with Gasteiger partial charge in [-0.15, -0.1) is 0 Å². The van der Waals surface area contributed by atoms with Gasteiger partial charge in [-0.2, -0.15) is 0 Å². The molecule has 0 aliphatic heterocycles. The molecule has 0 saturated carbocycles. The predicted molar refractivity (Wildman–Crippen MR) is 79.4 cm³/mol. The Morgan fingerprint density at radius 2 is 1.45 bits per heavy atom. The van der Waals surface area contributed by atoms with Crippen molar-refractivity contribution in [2.45, 2.75) is 12.0 Å². The summed E-state index contributed by atoms with van der Waals surface area (Å²) in [7, 11) is 3.28. The van der Waals surface area contributed by atoms with Crippen molar-refractivity contribution in [2.75, 3.05) is 14.2 Å². The summed E-state index contributed by atoms with van der Waals surface area (Å²) in [6, 6.07) is 19.5. The summed E-state index contributed by atoms with van der Waals surface area (Å²) in [5, 5.41) is 3.23. The van der Waals surface area contributed by atoms with Crippen LogP contribution in [0.5, 0.6) is 0 Å². The molecule has 2 aromatic carbocycles. The molecule has 0 amide bonds. The van der Waals surface area contributed by atoms with Crippen LogP contribution in [0.4, 0.5) is 0 Å². The van der Waals surface area contributed by atoms with Crippen molar-refractivity contribution in [3.05, 3.63) is 71.8 Å². The lowest BCUT2D eigenvalue weighted by molar-refractivity contribution is -0.143. The molecule has 1 N–H and O–H groups in total. The molecule has 0 aliphatic rings. The molecule has 20 heavy (non-hydrogen) atoms. The SMILES string of the molecule is CNC(c1ccccc1)C(C(=O)OC)c1ccccc1. The zero-order valence-electron chi connectivity index (χ0n) is 11.7. The number of methoxy groups -OCH3 is 1. The smallest absolute Gasteiger partial charge is 0.315 e. The van der Waals surface area contributed by atoms with Gasteiger partial charge in [0.15, 0.2) is 0 Å². The molecule has 0 saturated heterocycles. The highest BCUT2D eigenvalue weighted by atomic mass is 16.5. The van der Waals surface area contributed by atoms with E-state index in [0.717, 1.165) is 11.1 Å². The molecule has 2 atom stereocenters. The van der Waals surface area contributed by atoms with Crippen molar-refractivity contribution in [3.8, 4) is 0 Å². The number of rotatable bonds is 5. The molecule has 2 aromatic rings. The Morgan fingerprint density at radius 3 is 1.90 bits per heavy atom. The van der Waals surface area contributed by atoms with Gasteiger partial charge in [-0.05, 0) is 18.2 Å². The lowest BCUT2D eigenvalue weighted by Gasteiger charge is -2.25. The fourth-order valence-electron chi connectivity index (χ4n) is 2.44. The molecule has 0 spiro atoms. The number of benzene rings is 2. The fraction of sp³-hybridized carbons (Fsp3) is 0.235. The first kappa shape index (κ1) is 14.3. The van der Waals surface area contributed by atoms with Gasteiger partial charge in [-0.25, -0.2) is 0 Å². The zero-order valence-corrected chi connectivity index (χ0v) is 11.7. The summed E-state index contributed by atoms with van der Waals surface area (Å²) in [4.78, 5) is 12.2. The van der Waals surface area contributed by atoms with Gasteiger partial charge in [0.1, 0.15) is 5.92 Å². The van der Waals surface area contributed by atoms with E-state index in [1.165, 1.54) is 7.11 Å². The highest BCUT2D eigenvalue weighted by Crippen LogP contribution is 2.31. The molecule has 0 fully saturated rings. The topological polar surface area (TPSA) is 38.3 Å². The number of carbonyl (C=O) groups excluding carboxylic acids is 1. The first-order valence-electron chi connectivity index (χ1n) is 6.63. The van der Waals surface area contributed by atoms with Crippen molar-refractivity contribution in [1.29, 1.82) is 0 Å². The van der Waals surface area contributed by atoms with Gasteiger partial charge >= 0.3 is 5.97 Å². The maximum Gasteiger partial charge on any atom is 0.315 e.